The van der Waals surface area contributed by atoms with Gasteiger partial charge in [0, 0.05) is 23.1 Å². The number of esters is 1. The van der Waals surface area contributed by atoms with Crippen molar-refractivity contribution in [2.45, 2.75) is 31.9 Å². The van der Waals surface area contributed by atoms with E-state index in [-0.39, 0.29) is 25.2 Å². The third kappa shape index (κ3) is 5.53. The predicted molar refractivity (Wildman–Crippen MR) is 127 cm³/mol. The van der Waals surface area contributed by atoms with Crippen molar-refractivity contribution < 1.29 is 37.0 Å². The summed E-state index contributed by atoms with van der Waals surface area (Å²) in [6.45, 7) is 0.354. The number of carbonyl (C=O) groups excluding carboxylic acids is 1. The van der Waals surface area contributed by atoms with E-state index < -0.39 is 24.0 Å². The number of aliphatic hydroxyl groups excluding tert-OH is 1. The van der Waals surface area contributed by atoms with E-state index in [1.165, 1.54) is 13.2 Å². The van der Waals surface area contributed by atoms with Crippen molar-refractivity contribution >= 4 is 16.9 Å². The largest absolute Gasteiger partial charge is 0.489 e. The van der Waals surface area contributed by atoms with E-state index in [1.807, 2.05) is 12.1 Å². The van der Waals surface area contributed by atoms with Gasteiger partial charge in [-0.05, 0) is 47.0 Å². The lowest BCUT2D eigenvalue weighted by molar-refractivity contribution is -0.211. The molecular weight excluding hydrogens is 475 g/mol. The second-order valence-corrected chi connectivity index (χ2v) is 8.21. The molecule has 9 heteroatoms. The third-order valence-electron chi connectivity index (χ3n) is 5.68. The number of hydrogen-bond donors (Lipinski definition) is 2. The first-order valence-corrected chi connectivity index (χ1v) is 11.1. The number of furan rings is 1. The summed E-state index contributed by atoms with van der Waals surface area (Å²) in [5, 5.41) is 10.1. The fraction of sp³-hybridized carbons (Fsp3) is 0.222. The van der Waals surface area contributed by atoms with Crippen LogP contribution in [0.1, 0.15) is 28.6 Å². The van der Waals surface area contributed by atoms with Crippen LogP contribution in [-0.4, -0.2) is 24.4 Å². The molecule has 4 aromatic rings. The summed E-state index contributed by atoms with van der Waals surface area (Å²) in [6, 6.07) is 18.9. The molecule has 1 unspecified atom stereocenters. The van der Waals surface area contributed by atoms with Crippen molar-refractivity contribution in [3.8, 4) is 16.9 Å². The molecule has 0 saturated heterocycles. The minimum absolute atomic E-state index is 0.0310. The number of nitrogens with two attached hydrogens (primary N) is 1. The van der Waals surface area contributed by atoms with Crippen LogP contribution in [0.25, 0.3) is 22.1 Å². The van der Waals surface area contributed by atoms with Crippen LogP contribution in [0.5, 0.6) is 5.75 Å². The van der Waals surface area contributed by atoms with E-state index in [0.717, 1.165) is 5.56 Å². The topological polar surface area (TPSA) is 94.9 Å². The number of methoxy groups -OCH3 is 1. The number of aliphatic hydroxyl groups is 1. The van der Waals surface area contributed by atoms with E-state index in [2.05, 4.69) is 0 Å². The van der Waals surface area contributed by atoms with Gasteiger partial charge in [0.25, 0.3) is 0 Å². The van der Waals surface area contributed by atoms with Crippen molar-refractivity contribution in [3.05, 3.63) is 89.2 Å². The van der Waals surface area contributed by atoms with Crippen LogP contribution in [0.15, 0.2) is 71.1 Å². The highest BCUT2D eigenvalue weighted by atomic mass is 19.4. The molecule has 1 heterocycles. The quantitative estimate of drug-likeness (QED) is 0.313. The Morgan fingerprint density at radius 1 is 1.06 bits per heavy atom. The van der Waals surface area contributed by atoms with Crippen LogP contribution < -0.4 is 10.5 Å². The molecule has 3 aromatic carbocycles. The van der Waals surface area contributed by atoms with Gasteiger partial charge in [-0.2, -0.15) is 13.2 Å². The third-order valence-corrected chi connectivity index (χ3v) is 5.68. The molecule has 0 bridgehead atoms. The molecule has 6 nitrogen and oxygen atoms in total. The van der Waals surface area contributed by atoms with Gasteiger partial charge >= 0.3 is 12.1 Å². The highest BCUT2D eigenvalue weighted by Crippen LogP contribution is 2.39. The van der Waals surface area contributed by atoms with Crippen molar-refractivity contribution in [1.29, 1.82) is 0 Å². The molecule has 1 atom stereocenters. The predicted octanol–water partition coefficient (Wildman–Crippen LogP) is 5.45. The summed E-state index contributed by atoms with van der Waals surface area (Å²) in [5.41, 5.74) is 9.32. The number of alkyl halides is 3. The first-order chi connectivity index (χ1) is 17.2. The smallest absolute Gasteiger partial charge is 0.421 e. The van der Waals surface area contributed by atoms with Gasteiger partial charge in [-0.25, -0.2) is 0 Å². The molecule has 0 saturated carbocycles. The molecular formula is C27H24F3NO5. The first kappa shape index (κ1) is 25.3. The monoisotopic (exact) mass is 499 g/mol. The summed E-state index contributed by atoms with van der Waals surface area (Å²) in [5.74, 6) is -0.533. The minimum atomic E-state index is -4.87. The molecule has 0 aliphatic rings. The van der Waals surface area contributed by atoms with E-state index in [0.29, 0.717) is 33.4 Å². The zero-order chi connectivity index (χ0) is 25.9. The van der Waals surface area contributed by atoms with Crippen molar-refractivity contribution in [1.82, 2.24) is 0 Å². The number of hydrogen-bond acceptors (Lipinski definition) is 6. The Hall–Kier alpha value is -3.82. The maximum atomic E-state index is 13.2. The standard InChI is InChI=1S/C27H24F3NO5/c1-34-24(32)13-19-6-2-3-8-22(19)35-15-17-10-20-12-23(26(33)27(28,29)30)36-25(20)21(11-17)18-7-4-5-16(9-18)14-31/h2-12,26,33H,13-15,31H2,1H3. The van der Waals surface area contributed by atoms with Gasteiger partial charge in [-0.15, -0.1) is 0 Å². The van der Waals surface area contributed by atoms with E-state index in [4.69, 9.17) is 19.6 Å². The molecule has 4 rings (SSSR count). The Balaban J connectivity index is 1.74. The summed E-state index contributed by atoms with van der Waals surface area (Å²) in [6.07, 6.45) is -7.59. The molecule has 0 amide bonds. The average molecular weight is 499 g/mol. The highest BCUT2D eigenvalue weighted by Gasteiger charge is 2.41. The van der Waals surface area contributed by atoms with Crippen molar-refractivity contribution in [2.24, 2.45) is 5.73 Å². The SMILES string of the molecule is COC(=O)Cc1ccccc1OCc1cc(-c2cccc(CN)c2)c2oc(C(O)C(F)(F)F)cc2c1. The molecule has 0 aliphatic carbocycles. The van der Waals surface area contributed by atoms with Crippen molar-refractivity contribution in [3.63, 3.8) is 0 Å². The summed E-state index contributed by atoms with van der Waals surface area (Å²) in [4.78, 5) is 11.7. The second kappa shape index (κ2) is 10.4. The van der Waals surface area contributed by atoms with Gasteiger partial charge in [-0.1, -0.05) is 36.4 Å². The molecule has 1 aromatic heterocycles. The van der Waals surface area contributed by atoms with E-state index in [9.17, 15) is 23.1 Å². The number of ether oxygens (including phenoxy) is 2. The number of halogens is 3. The number of carbonyl (C=O) groups is 1. The number of rotatable bonds is 8. The lowest BCUT2D eigenvalue weighted by Gasteiger charge is -2.13. The highest BCUT2D eigenvalue weighted by molar-refractivity contribution is 5.93. The maximum absolute atomic E-state index is 13.2. The number of para-hydroxylation sites is 1. The van der Waals surface area contributed by atoms with Crippen LogP contribution in [0.2, 0.25) is 0 Å². The van der Waals surface area contributed by atoms with Crippen LogP contribution in [-0.2, 0) is 29.1 Å². The van der Waals surface area contributed by atoms with Crippen LogP contribution in [0.4, 0.5) is 13.2 Å². The number of fused-ring (bicyclic) bond motifs is 1. The Morgan fingerprint density at radius 3 is 2.56 bits per heavy atom. The summed E-state index contributed by atoms with van der Waals surface area (Å²) in [7, 11) is 1.30. The van der Waals surface area contributed by atoms with Crippen LogP contribution in [0, 0.1) is 0 Å². The molecule has 0 fully saturated rings. The van der Waals surface area contributed by atoms with Gasteiger partial charge in [0.15, 0.2) is 0 Å². The normalized spacial score (nSPS) is 12.5. The van der Waals surface area contributed by atoms with Crippen LogP contribution >= 0.6 is 0 Å². The Bertz CT molecular complexity index is 1380. The van der Waals surface area contributed by atoms with E-state index in [1.54, 1.807) is 48.5 Å². The molecule has 0 aliphatic heterocycles. The molecule has 0 spiro atoms. The van der Waals surface area contributed by atoms with Gasteiger partial charge < -0.3 is 24.7 Å². The first-order valence-electron chi connectivity index (χ1n) is 11.1. The molecule has 36 heavy (non-hydrogen) atoms. The Morgan fingerprint density at radius 2 is 1.83 bits per heavy atom. The zero-order valence-corrected chi connectivity index (χ0v) is 19.3. The molecule has 0 radical (unpaired) electrons. The Kier molecular flexibility index (Phi) is 7.32. The number of benzene rings is 3. The van der Waals surface area contributed by atoms with Gasteiger partial charge in [-0.3, -0.25) is 4.79 Å². The zero-order valence-electron chi connectivity index (χ0n) is 19.3. The summed E-state index contributed by atoms with van der Waals surface area (Å²) >= 11 is 0. The molecule has 3 N–H and O–H groups in total. The lowest BCUT2D eigenvalue weighted by atomic mass is 9.99. The maximum Gasteiger partial charge on any atom is 0.421 e. The molecule has 188 valence electrons. The van der Waals surface area contributed by atoms with Crippen LogP contribution in [0.3, 0.4) is 0 Å². The van der Waals surface area contributed by atoms with Gasteiger partial charge in [0.05, 0.1) is 13.5 Å². The Labute approximate surface area is 205 Å². The second-order valence-electron chi connectivity index (χ2n) is 8.21. The van der Waals surface area contributed by atoms with Crippen molar-refractivity contribution in [2.75, 3.05) is 7.11 Å². The average Bonchev–Trinajstić information content (AvgIpc) is 3.30. The fourth-order valence-electron chi connectivity index (χ4n) is 3.87. The summed E-state index contributed by atoms with van der Waals surface area (Å²) < 4.78 is 55.7. The fourth-order valence-corrected chi connectivity index (χ4v) is 3.87. The lowest BCUT2D eigenvalue weighted by Crippen LogP contribution is -2.19. The minimum Gasteiger partial charge on any atom is -0.489 e. The van der Waals surface area contributed by atoms with E-state index >= 15 is 0 Å². The van der Waals surface area contributed by atoms with Gasteiger partial charge in [0.2, 0.25) is 6.10 Å². The van der Waals surface area contributed by atoms with Gasteiger partial charge in [0.1, 0.15) is 23.7 Å².